The van der Waals surface area contributed by atoms with E-state index in [9.17, 15) is 9.59 Å². The summed E-state index contributed by atoms with van der Waals surface area (Å²) >= 11 is 9.74. The van der Waals surface area contributed by atoms with Crippen molar-refractivity contribution in [2.24, 2.45) is 0 Å². The smallest absolute Gasteiger partial charge is 0.326 e. The van der Waals surface area contributed by atoms with Crippen molar-refractivity contribution in [1.29, 1.82) is 0 Å². The van der Waals surface area contributed by atoms with E-state index >= 15 is 0 Å². The number of amides is 1. The molecule has 0 aromatic heterocycles. The Morgan fingerprint density at radius 2 is 2.22 bits per heavy atom. The third-order valence-corrected chi connectivity index (χ3v) is 4.94. The SMILES string of the molecule is CCOC(=O)CN1C(=O)C(=Cc2ccc(OC)c(Br)c2)SC1=S. The number of rotatable bonds is 5. The molecule has 1 aliphatic rings. The number of hydrogen-bond acceptors (Lipinski definition) is 6. The van der Waals surface area contributed by atoms with Crippen molar-refractivity contribution in [2.75, 3.05) is 20.3 Å². The minimum atomic E-state index is -0.475. The second kappa shape index (κ2) is 7.94. The molecule has 0 atom stereocenters. The lowest BCUT2D eigenvalue weighted by atomic mass is 10.2. The van der Waals surface area contributed by atoms with Crippen LogP contribution in [0.3, 0.4) is 0 Å². The van der Waals surface area contributed by atoms with Gasteiger partial charge in [0.1, 0.15) is 16.6 Å². The third-order valence-electron chi connectivity index (χ3n) is 2.94. The van der Waals surface area contributed by atoms with Gasteiger partial charge in [-0.05, 0) is 46.6 Å². The molecule has 1 amide bonds. The molecule has 122 valence electrons. The molecule has 2 rings (SSSR count). The molecular weight excluding hydrogens is 402 g/mol. The summed E-state index contributed by atoms with van der Waals surface area (Å²) in [4.78, 5) is 25.6. The number of ether oxygens (including phenoxy) is 2. The zero-order chi connectivity index (χ0) is 17.0. The van der Waals surface area contributed by atoms with Gasteiger partial charge in [0.15, 0.2) is 0 Å². The Morgan fingerprint density at radius 1 is 1.48 bits per heavy atom. The van der Waals surface area contributed by atoms with Crippen LogP contribution in [0.1, 0.15) is 12.5 Å². The summed E-state index contributed by atoms with van der Waals surface area (Å²) in [7, 11) is 1.58. The molecule has 0 N–H and O–H groups in total. The highest BCUT2D eigenvalue weighted by Gasteiger charge is 2.33. The molecule has 8 heteroatoms. The lowest BCUT2D eigenvalue weighted by molar-refractivity contribution is -0.145. The number of nitrogens with zero attached hydrogens (tertiary/aromatic N) is 1. The molecule has 1 aromatic rings. The van der Waals surface area contributed by atoms with E-state index in [0.29, 0.717) is 15.0 Å². The number of hydrogen-bond donors (Lipinski definition) is 0. The molecule has 1 heterocycles. The van der Waals surface area contributed by atoms with Crippen molar-refractivity contribution in [3.63, 3.8) is 0 Å². The monoisotopic (exact) mass is 415 g/mol. The van der Waals surface area contributed by atoms with Crippen molar-refractivity contribution in [2.45, 2.75) is 6.92 Å². The van der Waals surface area contributed by atoms with Gasteiger partial charge in [0, 0.05) is 0 Å². The van der Waals surface area contributed by atoms with E-state index in [2.05, 4.69) is 15.9 Å². The fraction of sp³-hybridized carbons (Fsp3) is 0.267. The van der Waals surface area contributed by atoms with Gasteiger partial charge < -0.3 is 9.47 Å². The van der Waals surface area contributed by atoms with Crippen molar-refractivity contribution in [3.8, 4) is 5.75 Å². The van der Waals surface area contributed by atoms with Crippen molar-refractivity contribution in [3.05, 3.63) is 33.1 Å². The summed E-state index contributed by atoms with van der Waals surface area (Å²) in [5.41, 5.74) is 0.828. The van der Waals surface area contributed by atoms with E-state index in [-0.39, 0.29) is 19.1 Å². The van der Waals surface area contributed by atoms with E-state index in [0.717, 1.165) is 10.0 Å². The molecule has 5 nitrogen and oxygen atoms in total. The molecule has 1 fully saturated rings. The van der Waals surface area contributed by atoms with Crippen molar-refractivity contribution >= 4 is 62.2 Å². The van der Waals surface area contributed by atoms with Crippen LogP contribution in [-0.4, -0.2) is 41.4 Å². The van der Waals surface area contributed by atoms with Crippen LogP contribution in [0.5, 0.6) is 5.75 Å². The molecular formula is C15H14BrNO4S2. The van der Waals surface area contributed by atoms with Crippen molar-refractivity contribution < 1.29 is 19.1 Å². The van der Waals surface area contributed by atoms with E-state index in [1.54, 1.807) is 26.2 Å². The number of carbonyl (C=O) groups is 2. The number of methoxy groups -OCH3 is 1. The standard InChI is InChI=1S/C15H14BrNO4S2/c1-3-21-13(18)8-17-14(19)12(23-15(17)22)7-9-4-5-11(20-2)10(16)6-9/h4-7H,3,8H2,1-2H3. The Kier molecular flexibility index (Phi) is 6.20. The predicted molar refractivity (Wildman–Crippen MR) is 97.2 cm³/mol. The highest BCUT2D eigenvalue weighted by molar-refractivity contribution is 9.10. The Morgan fingerprint density at radius 3 is 2.83 bits per heavy atom. The average Bonchev–Trinajstić information content (AvgIpc) is 2.75. The van der Waals surface area contributed by atoms with Crippen LogP contribution in [0, 0.1) is 0 Å². The van der Waals surface area contributed by atoms with Gasteiger partial charge in [-0.3, -0.25) is 14.5 Å². The largest absolute Gasteiger partial charge is 0.496 e. The van der Waals surface area contributed by atoms with Gasteiger partial charge in [-0.1, -0.05) is 30.0 Å². The van der Waals surface area contributed by atoms with E-state index in [4.69, 9.17) is 21.7 Å². The third kappa shape index (κ3) is 4.33. The van der Waals surface area contributed by atoms with Crippen LogP contribution < -0.4 is 4.74 Å². The van der Waals surface area contributed by atoms with Gasteiger partial charge in [0.05, 0.1) is 23.1 Å². The summed E-state index contributed by atoms with van der Waals surface area (Å²) < 4.78 is 11.2. The molecule has 0 spiro atoms. The lowest BCUT2D eigenvalue weighted by Gasteiger charge is -2.12. The fourth-order valence-electron chi connectivity index (χ4n) is 1.90. The summed E-state index contributed by atoms with van der Waals surface area (Å²) in [5.74, 6) is -0.0609. The maximum atomic E-state index is 12.4. The highest BCUT2D eigenvalue weighted by atomic mass is 79.9. The Balaban J connectivity index is 2.18. The summed E-state index contributed by atoms with van der Waals surface area (Å²) in [6.45, 7) is 1.81. The second-order valence-corrected chi connectivity index (χ2v) is 7.00. The highest BCUT2D eigenvalue weighted by Crippen LogP contribution is 2.33. The van der Waals surface area contributed by atoms with Gasteiger partial charge in [0.25, 0.3) is 5.91 Å². The maximum Gasteiger partial charge on any atom is 0.326 e. The Bertz CT molecular complexity index is 690. The van der Waals surface area contributed by atoms with Crippen LogP contribution >= 0.6 is 39.9 Å². The maximum absolute atomic E-state index is 12.4. The fourth-order valence-corrected chi connectivity index (χ4v) is 3.71. The van der Waals surface area contributed by atoms with Gasteiger partial charge >= 0.3 is 5.97 Å². The topological polar surface area (TPSA) is 55.8 Å². The molecule has 1 saturated heterocycles. The van der Waals surface area contributed by atoms with E-state index in [1.807, 2.05) is 12.1 Å². The number of halogens is 1. The van der Waals surface area contributed by atoms with Crippen molar-refractivity contribution in [1.82, 2.24) is 4.90 Å². The normalized spacial score (nSPS) is 16.1. The molecule has 0 bridgehead atoms. The van der Waals surface area contributed by atoms with Gasteiger partial charge in [-0.25, -0.2) is 0 Å². The first-order valence-corrected chi connectivity index (χ1v) is 8.72. The summed E-state index contributed by atoms with van der Waals surface area (Å²) in [5, 5.41) is 0. The number of thiocarbonyl (C=S) groups is 1. The molecule has 0 unspecified atom stereocenters. The van der Waals surface area contributed by atoms with Gasteiger partial charge in [-0.2, -0.15) is 0 Å². The lowest BCUT2D eigenvalue weighted by Crippen LogP contribution is -2.34. The molecule has 0 radical (unpaired) electrons. The average molecular weight is 416 g/mol. The van der Waals surface area contributed by atoms with Crippen LogP contribution in [0.15, 0.2) is 27.6 Å². The van der Waals surface area contributed by atoms with E-state index in [1.165, 1.54) is 16.7 Å². The number of benzene rings is 1. The molecule has 1 aromatic carbocycles. The number of thioether (sulfide) groups is 1. The zero-order valence-corrected chi connectivity index (χ0v) is 15.7. The summed E-state index contributed by atoms with van der Waals surface area (Å²) in [6.07, 6.45) is 1.73. The first-order valence-electron chi connectivity index (χ1n) is 6.70. The second-order valence-electron chi connectivity index (χ2n) is 4.47. The summed E-state index contributed by atoms with van der Waals surface area (Å²) in [6, 6.07) is 5.48. The van der Waals surface area contributed by atoms with Crippen LogP contribution in [0.25, 0.3) is 6.08 Å². The quantitative estimate of drug-likeness (QED) is 0.418. The van der Waals surface area contributed by atoms with Gasteiger partial charge in [-0.15, -0.1) is 0 Å². The minimum absolute atomic E-state index is 0.165. The minimum Gasteiger partial charge on any atom is -0.496 e. The van der Waals surface area contributed by atoms with Crippen LogP contribution in [0.4, 0.5) is 0 Å². The van der Waals surface area contributed by atoms with Crippen LogP contribution in [0.2, 0.25) is 0 Å². The van der Waals surface area contributed by atoms with E-state index < -0.39 is 5.97 Å². The number of carbonyl (C=O) groups excluding carboxylic acids is 2. The zero-order valence-electron chi connectivity index (χ0n) is 12.5. The first-order chi connectivity index (χ1) is 11.0. The Labute approximate surface area is 152 Å². The molecule has 0 aliphatic carbocycles. The number of esters is 1. The first kappa shape index (κ1) is 18.0. The molecule has 0 saturated carbocycles. The van der Waals surface area contributed by atoms with Crippen LogP contribution in [-0.2, 0) is 14.3 Å². The Hall–Kier alpha value is -1.38. The molecule has 23 heavy (non-hydrogen) atoms. The van der Waals surface area contributed by atoms with Gasteiger partial charge in [0.2, 0.25) is 0 Å². The molecule has 1 aliphatic heterocycles. The predicted octanol–water partition coefficient (Wildman–Crippen LogP) is 3.22.